The Labute approximate surface area is 71.8 Å². The Bertz CT molecular complexity index is 6.00. The molecule has 4 heteroatoms. The Kier molecular flexibility index (Phi) is 78.2. The first-order valence-electron chi connectivity index (χ1n) is 0.289. The summed E-state index contributed by atoms with van der Waals surface area (Å²) in [6, 6.07) is 0. The van der Waals surface area contributed by atoms with Crippen molar-refractivity contribution in [3.63, 3.8) is 0 Å². The Morgan fingerprint density at radius 3 is 1.25 bits per heavy atom. The fraction of sp³-hybridized carbons (Fsp3) is 0. The van der Waals surface area contributed by atoms with E-state index in [0.29, 0.717) is 0 Å². The standard InChI is InChI=1S/Ga.2In.O.7H. The van der Waals surface area contributed by atoms with Crippen LogP contribution in [-0.4, -0.2) is 70.0 Å². The van der Waals surface area contributed by atoms with Gasteiger partial charge in [-0.05, 0) is 0 Å². The maximum absolute atomic E-state index is 8.42. The molecular weight excluding hydrogens is 315 g/mol. The molecule has 1 nitrogen and oxygen atoms in total. The molecule has 0 spiro atoms. The molecule has 0 aliphatic carbocycles. The molecule has 22 valence electrons. The van der Waals surface area contributed by atoms with Crippen molar-refractivity contribution in [2.75, 3.05) is 0 Å². The molecule has 0 bridgehead atoms. The molecule has 0 fully saturated rings. The van der Waals surface area contributed by atoms with Crippen LogP contribution in [0, 0.1) is 0 Å². The van der Waals surface area contributed by atoms with Crippen molar-refractivity contribution in [1.29, 1.82) is 0 Å². The molecule has 0 radical (unpaired) electrons. The molecule has 0 rings (SSSR count). The average molecular weight is 322 g/mol. The molecule has 0 aliphatic heterocycles. The van der Waals surface area contributed by atoms with Crippen molar-refractivity contribution in [3.05, 3.63) is 0 Å². The molecule has 0 saturated carbocycles. The molecule has 4 heavy (non-hydrogen) atoms. The van der Waals surface area contributed by atoms with Gasteiger partial charge in [0, 0.05) is 0 Å². The first kappa shape index (κ1) is 16.4. The Morgan fingerprint density at radius 1 is 1.25 bits per heavy atom. The summed E-state index contributed by atoms with van der Waals surface area (Å²) in [5.74, 6) is 0. The molecule has 0 aromatic carbocycles. The van der Waals surface area contributed by atoms with Crippen LogP contribution in [-0.2, 0) is 2.85 Å². The number of hydrogen-bond donors (Lipinski definition) is 0. The van der Waals surface area contributed by atoms with Crippen LogP contribution in [0.4, 0.5) is 0 Å². The van der Waals surface area contributed by atoms with Gasteiger partial charge in [0.15, 0.2) is 0 Å². The van der Waals surface area contributed by atoms with Gasteiger partial charge in [-0.15, -0.1) is 0 Å². The zero-order chi connectivity index (χ0) is 2.00. The van der Waals surface area contributed by atoms with Crippen LogP contribution in [0.25, 0.3) is 0 Å². The van der Waals surface area contributed by atoms with Gasteiger partial charge in [-0.1, -0.05) is 0 Å². The zero-order valence-corrected chi connectivity index (χ0v) is 5.15. The average Bonchev–Trinajstić information content (AvgIpc) is 1.00. The second-order valence-corrected chi connectivity index (χ2v) is 0. The summed E-state index contributed by atoms with van der Waals surface area (Å²) in [6.07, 6.45) is 0. The zero-order valence-electron chi connectivity index (χ0n) is 1.12. The van der Waals surface area contributed by atoms with Crippen LogP contribution in [0.2, 0.25) is 0 Å². The van der Waals surface area contributed by atoms with E-state index in [1.165, 1.54) is 0 Å². The fourth-order valence-electron chi connectivity index (χ4n) is 0. The third kappa shape index (κ3) is 8.90. The molecule has 0 amide bonds. The van der Waals surface area contributed by atoms with Crippen molar-refractivity contribution in [2.45, 2.75) is 0 Å². The van der Waals surface area contributed by atoms with Crippen molar-refractivity contribution in [2.24, 2.45) is 0 Å². The summed E-state index contributed by atoms with van der Waals surface area (Å²) in [5.41, 5.74) is 0. The molecule has 0 saturated heterocycles. The normalized spacial score (nSPS) is 0.750. The van der Waals surface area contributed by atoms with Crippen molar-refractivity contribution < 1.29 is 2.85 Å². The fourth-order valence-corrected chi connectivity index (χ4v) is 0. The summed E-state index contributed by atoms with van der Waals surface area (Å²) < 4.78 is 8.42. The van der Waals surface area contributed by atoms with Gasteiger partial charge in [0.2, 0.25) is 0 Å². The van der Waals surface area contributed by atoms with Gasteiger partial charge in [-0.2, -0.15) is 0 Å². The molecular formula is H7GaIn2O. The van der Waals surface area contributed by atoms with E-state index in [1.54, 1.807) is 0 Å². The minimum absolute atomic E-state index is 0. The molecule has 0 heterocycles. The van der Waals surface area contributed by atoms with Crippen LogP contribution in [0.15, 0.2) is 0 Å². The van der Waals surface area contributed by atoms with Crippen LogP contribution in [0.5, 0.6) is 0 Å². The molecule has 0 unspecified atom stereocenters. The van der Waals surface area contributed by atoms with Gasteiger partial charge in [0.05, 0.1) is 0 Å². The van der Waals surface area contributed by atoms with Gasteiger partial charge in [0.25, 0.3) is 0 Å². The summed E-state index contributed by atoms with van der Waals surface area (Å²) in [6.45, 7) is 0. The number of rotatable bonds is 0. The Hall–Kier alpha value is 2.18. The Morgan fingerprint density at radius 2 is 1.25 bits per heavy atom. The van der Waals surface area contributed by atoms with E-state index >= 15 is 0 Å². The summed E-state index contributed by atoms with van der Waals surface area (Å²) in [5, 5.41) is 0. The van der Waals surface area contributed by atoms with Gasteiger partial charge in [0.1, 0.15) is 0 Å². The topological polar surface area (TPSA) is 17.1 Å². The quantitative estimate of drug-likeness (QED) is 0.431. The van der Waals surface area contributed by atoms with Gasteiger partial charge >= 0.3 is 72.9 Å². The summed E-state index contributed by atoms with van der Waals surface area (Å²) in [4.78, 5) is 0. The predicted octanol–water partition coefficient (Wildman–Crippen LogP) is -3.14. The van der Waals surface area contributed by atoms with Gasteiger partial charge in [-0.3, -0.25) is 0 Å². The van der Waals surface area contributed by atoms with E-state index in [1.807, 2.05) is 0 Å². The second-order valence-electron chi connectivity index (χ2n) is 0. The monoisotopic (exact) mass is 322 g/mol. The van der Waals surface area contributed by atoms with E-state index in [9.17, 15) is 0 Å². The second kappa shape index (κ2) is 19.1. The first-order valence-corrected chi connectivity index (χ1v) is 1.94. The van der Waals surface area contributed by atoms with Crippen LogP contribution in [0.3, 0.4) is 0 Å². The van der Waals surface area contributed by atoms with Crippen molar-refractivity contribution in [3.8, 4) is 0 Å². The molecule has 0 aliphatic rings. The van der Waals surface area contributed by atoms with Gasteiger partial charge in [-0.25, -0.2) is 0 Å². The summed E-state index contributed by atoms with van der Waals surface area (Å²) in [7, 11) is 0. The van der Waals surface area contributed by atoms with Crippen molar-refractivity contribution in [1.82, 2.24) is 0 Å². The molecule has 0 aromatic heterocycles. The van der Waals surface area contributed by atoms with E-state index in [4.69, 9.17) is 2.85 Å². The van der Waals surface area contributed by atoms with E-state index in [2.05, 4.69) is 0 Å². The SMILES string of the molecule is [GaH3].[InH3].[O]=[InH]. The Balaban J connectivity index is -0.00000000500. The van der Waals surface area contributed by atoms with Crippen LogP contribution >= 0.6 is 0 Å². The van der Waals surface area contributed by atoms with Crippen molar-refractivity contribution >= 4 is 70.0 Å². The van der Waals surface area contributed by atoms with Crippen LogP contribution < -0.4 is 0 Å². The molecule has 0 N–H and O–H groups in total. The van der Waals surface area contributed by atoms with E-state index in [0.717, 1.165) is 0 Å². The maximum atomic E-state index is 8.42. The van der Waals surface area contributed by atoms with E-state index in [-0.39, 0.29) is 70.0 Å². The summed E-state index contributed by atoms with van der Waals surface area (Å²) >= 11 is -0.1000. The van der Waals surface area contributed by atoms with E-state index < -0.39 is 0 Å². The van der Waals surface area contributed by atoms with Gasteiger partial charge < -0.3 is 0 Å². The third-order valence-corrected chi connectivity index (χ3v) is 0. The first-order chi connectivity index (χ1) is 1.00. The minimum atomic E-state index is -0.1000. The third-order valence-electron chi connectivity index (χ3n) is 0. The predicted molar refractivity (Wildman–Crippen MR) is 27.7 cm³/mol. The van der Waals surface area contributed by atoms with Crippen LogP contribution in [0.1, 0.15) is 0 Å². The number of hydrogen-bond acceptors (Lipinski definition) is 1. The molecule has 0 aromatic rings. The molecule has 0 atom stereocenters.